The third-order valence-corrected chi connectivity index (χ3v) is 9.45. The van der Waals surface area contributed by atoms with Gasteiger partial charge in [0.25, 0.3) is 0 Å². The van der Waals surface area contributed by atoms with E-state index in [0.717, 1.165) is 60.5 Å². The lowest BCUT2D eigenvalue weighted by atomic mass is 10.00. The highest BCUT2D eigenvalue weighted by Crippen LogP contribution is 2.44. The molecular formula is C26H28N2O3S2. The zero-order chi connectivity index (χ0) is 22.8. The number of allylic oxidation sites excluding steroid dienone is 1. The van der Waals surface area contributed by atoms with E-state index in [2.05, 4.69) is 22.4 Å². The number of hydrogen-bond acceptors (Lipinski definition) is 5. The summed E-state index contributed by atoms with van der Waals surface area (Å²) in [5, 5.41) is 3.11. The Morgan fingerprint density at radius 1 is 0.848 bits per heavy atom. The fourth-order valence-electron chi connectivity index (χ4n) is 4.75. The Bertz CT molecular complexity index is 1210. The molecule has 0 bridgehead atoms. The minimum Gasteiger partial charge on any atom is -0.335 e. The predicted octanol–water partition coefficient (Wildman–Crippen LogP) is 5.49. The Labute approximate surface area is 200 Å². The molecular weight excluding hydrogens is 452 g/mol. The maximum atomic E-state index is 13.7. The molecule has 0 saturated carbocycles. The number of thioether (sulfide) groups is 1. The third kappa shape index (κ3) is 4.42. The first-order chi connectivity index (χ1) is 16.1. The monoisotopic (exact) mass is 480 g/mol. The van der Waals surface area contributed by atoms with Crippen molar-refractivity contribution < 1.29 is 13.2 Å². The van der Waals surface area contributed by atoms with E-state index in [1.165, 1.54) is 0 Å². The molecule has 2 aromatic rings. The van der Waals surface area contributed by atoms with Crippen molar-refractivity contribution in [1.29, 1.82) is 0 Å². The van der Waals surface area contributed by atoms with Gasteiger partial charge in [0, 0.05) is 36.2 Å². The minimum absolute atomic E-state index is 0.0668. The number of carbonyl (C=O) groups excluding carboxylic acids is 1. The van der Waals surface area contributed by atoms with E-state index in [9.17, 15) is 13.2 Å². The highest BCUT2D eigenvalue weighted by Gasteiger charge is 2.31. The molecule has 0 radical (unpaired) electrons. The van der Waals surface area contributed by atoms with Crippen molar-refractivity contribution in [1.82, 2.24) is 9.21 Å². The van der Waals surface area contributed by atoms with Gasteiger partial charge in [-0.05, 0) is 49.8 Å². The van der Waals surface area contributed by atoms with E-state index in [1.54, 1.807) is 40.3 Å². The Kier molecular flexibility index (Phi) is 6.45. The number of benzene rings is 2. The van der Waals surface area contributed by atoms with Crippen LogP contribution in [-0.4, -0.2) is 43.0 Å². The molecule has 0 atom stereocenters. The van der Waals surface area contributed by atoms with Gasteiger partial charge in [0.15, 0.2) is 5.78 Å². The van der Waals surface area contributed by atoms with Gasteiger partial charge in [0.2, 0.25) is 10.0 Å². The molecule has 0 aliphatic carbocycles. The summed E-state index contributed by atoms with van der Waals surface area (Å²) < 4.78 is 27.9. The topological polar surface area (TPSA) is 57.7 Å². The summed E-state index contributed by atoms with van der Waals surface area (Å²) >= 11 is 1.60. The molecule has 172 valence electrons. The first-order valence-electron chi connectivity index (χ1n) is 11.6. The van der Waals surface area contributed by atoms with Crippen LogP contribution in [0.3, 0.4) is 0 Å². The molecule has 3 aliphatic rings. The van der Waals surface area contributed by atoms with Crippen LogP contribution >= 0.6 is 11.8 Å². The molecule has 33 heavy (non-hydrogen) atoms. The molecule has 1 saturated heterocycles. The van der Waals surface area contributed by atoms with E-state index in [4.69, 9.17) is 0 Å². The normalized spacial score (nSPS) is 19.8. The van der Waals surface area contributed by atoms with Gasteiger partial charge in [-0.15, -0.1) is 0 Å². The summed E-state index contributed by atoms with van der Waals surface area (Å²) in [4.78, 5) is 16.1. The van der Waals surface area contributed by atoms with Gasteiger partial charge in [-0.1, -0.05) is 60.6 Å². The molecule has 0 spiro atoms. The van der Waals surface area contributed by atoms with Crippen LogP contribution in [0.2, 0.25) is 0 Å². The van der Waals surface area contributed by atoms with Crippen molar-refractivity contribution in [2.75, 3.05) is 19.6 Å². The van der Waals surface area contributed by atoms with Crippen molar-refractivity contribution >= 4 is 33.3 Å². The summed E-state index contributed by atoms with van der Waals surface area (Å²) in [6.07, 6.45) is 5.49. The molecule has 3 aliphatic heterocycles. The van der Waals surface area contributed by atoms with Crippen LogP contribution < -0.4 is 0 Å². The first kappa shape index (κ1) is 22.4. The lowest BCUT2D eigenvalue weighted by molar-refractivity contribution is 0.102. The average molecular weight is 481 g/mol. The van der Waals surface area contributed by atoms with Gasteiger partial charge < -0.3 is 4.90 Å². The summed E-state index contributed by atoms with van der Waals surface area (Å²) in [7, 11) is -3.58. The standard InChI is InChI=1S/C26H28N2O3S2/c29-25(21-12-9-13-22(18-21)33(30,31)27-15-6-2-7-16-27)23-14-5-8-17-28-24(19-32-26(23)28)20-10-3-1-4-11-20/h1,3-4,9-13,18-19H,2,5-8,14-17H2. The SMILES string of the molecule is O=C(C1=C2SC=C(c3ccccc3)N2CCCC1)c1cccc(S(=O)(=O)N2CCCCC2)c1. The largest absolute Gasteiger partial charge is 0.335 e. The van der Waals surface area contributed by atoms with Gasteiger partial charge in [-0.2, -0.15) is 4.31 Å². The van der Waals surface area contributed by atoms with Crippen LogP contribution in [0, 0.1) is 0 Å². The molecule has 0 unspecified atom stereocenters. The zero-order valence-corrected chi connectivity index (χ0v) is 20.2. The van der Waals surface area contributed by atoms with Gasteiger partial charge >= 0.3 is 0 Å². The maximum Gasteiger partial charge on any atom is 0.243 e. The number of fused-ring (bicyclic) bond motifs is 1. The van der Waals surface area contributed by atoms with E-state index in [-0.39, 0.29) is 10.7 Å². The molecule has 5 rings (SSSR count). The summed E-state index contributed by atoms with van der Waals surface area (Å²) in [5.74, 6) is -0.0668. The molecule has 3 heterocycles. The molecule has 7 heteroatoms. The quantitative estimate of drug-likeness (QED) is 0.530. The summed E-state index contributed by atoms with van der Waals surface area (Å²) in [5.41, 5.74) is 3.51. The number of nitrogens with zero attached hydrogens (tertiary/aromatic N) is 2. The van der Waals surface area contributed by atoms with Crippen molar-refractivity contribution in [3.05, 3.63) is 81.7 Å². The lowest BCUT2D eigenvalue weighted by Gasteiger charge is -2.26. The zero-order valence-electron chi connectivity index (χ0n) is 18.6. The number of Topliss-reactive ketones (excluding diaryl/α,β-unsaturated/α-hetero) is 1. The van der Waals surface area contributed by atoms with Gasteiger partial charge in [0.1, 0.15) is 0 Å². The molecule has 0 N–H and O–H groups in total. The van der Waals surface area contributed by atoms with E-state index in [1.807, 2.05) is 18.2 Å². The summed E-state index contributed by atoms with van der Waals surface area (Å²) in [6.45, 7) is 1.98. The number of rotatable bonds is 5. The first-order valence-corrected chi connectivity index (χ1v) is 14.0. The minimum atomic E-state index is -3.58. The number of sulfonamides is 1. The predicted molar refractivity (Wildman–Crippen MR) is 133 cm³/mol. The average Bonchev–Trinajstić information content (AvgIpc) is 3.17. The second-order valence-electron chi connectivity index (χ2n) is 8.70. The van der Waals surface area contributed by atoms with Crippen molar-refractivity contribution in [2.45, 2.75) is 43.4 Å². The fraction of sp³-hybridized carbons (Fsp3) is 0.346. The van der Waals surface area contributed by atoms with Crippen LogP contribution in [-0.2, 0) is 10.0 Å². The molecule has 0 amide bonds. The Balaban J connectivity index is 1.46. The van der Waals surface area contributed by atoms with Crippen molar-refractivity contribution in [3.63, 3.8) is 0 Å². The Morgan fingerprint density at radius 2 is 1.61 bits per heavy atom. The molecule has 0 aromatic heterocycles. The smallest absolute Gasteiger partial charge is 0.243 e. The third-order valence-electron chi connectivity index (χ3n) is 6.53. The maximum absolute atomic E-state index is 13.7. The van der Waals surface area contributed by atoms with Crippen LogP contribution in [0.25, 0.3) is 5.70 Å². The van der Waals surface area contributed by atoms with Crippen molar-refractivity contribution in [2.24, 2.45) is 0 Å². The fourth-order valence-corrected chi connectivity index (χ4v) is 7.46. The Hall–Kier alpha value is -2.35. The van der Waals surface area contributed by atoms with E-state index in [0.29, 0.717) is 25.1 Å². The van der Waals surface area contributed by atoms with E-state index < -0.39 is 10.0 Å². The highest BCUT2D eigenvalue weighted by molar-refractivity contribution is 8.06. The van der Waals surface area contributed by atoms with Crippen LogP contribution in [0.5, 0.6) is 0 Å². The van der Waals surface area contributed by atoms with Crippen molar-refractivity contribution in [3.8, 4) is 0 Å². The van der Waals surface area contributed by atoms with E-state index >= 15 is 0 Å². The summed E-state index contributed by atoms with van der Waals surface area (Å²) in [6, 6.07) is 16.9. The number of carbonyl (C=O) groups is 1. The van der Waals surface area contributed by atoms with Crippen LogP contribution in [0.4, 0.5) is 0 Å². The highest BCUT2D eigenvalue weighted by atomic mass is 32.2. The molecule has 1 fully saturated rings. The second-order valence-corrected chi connectivity index (χ2v) is 11.5. The molecule has 2 aromatic carbocycles. The Morgan fingerprint density at radius 3 is 2.39 bits per heavy atom. The van der Waals surface area contributed by atoms with Crippen LogP contribution in [0.15, 0.2) is 75.5 Å². The van der Waals surface area contributed by atoms with Gasteiger partial charge in [-0.3, -0.25) is 4.79 Å². The van der Waals surface area contributed by atoms with Gasteiger partial charge in [0.05, 0.1) is 15.6 Å². The van der Waals surface area contributed by atoms with Gasteiger partial charge in [-0.25, -0.2) is 8.42 Å². The number of hydrogen-bond donors (Lipinski definition) is 0. The number of ketones is 1. The second kappa shape index (κ2) is 9.49. The molecule has 5 nitrogen and oxygen atoms in total. The van der Waals surface area contributed by atoms with Crippen LogP contribution in [0.1, 0.15) is 54.4 Å². The lowest BCUT2D eigenvalue weighted by Crippen LogP contribution is -2.35. The number of piperidine rings is 1.